The molecule has 1 aromatic carbocycles. The lowest BCUT2D eigenvalue weighted by Gasteiger charge is -2.13. The third-order valence-corrected chi connectivity index (χ3v) is 3.44. The van der Waals surface area contributed by atoms with Crippen LogP contribution in [0.3, 0.4) is 0 Å². The number of hydrogen-bond donors (Lipinski definition) is 2. The summed E-state index contributed by atoms with van der Waals surface area (Å²) in [7, 11) is 0. The largest absolute Gasteiger partial charge is 0.479 e. The van der Waals surface area contributed by atoms with Gasteiger partial charge in [0.15, 0.2) is 6.10 Å². The second kappa shape index (κ2) is 5.67. The van der Waals surface area contributed by atoms with Crippen LogP contribution in [0.2, 0.25) is 0 Å². The Labute approximate surface area is 112 Å². The molecule has 1 heterocycles. The zero-order valence-electron chi connectivity index (χ0n) is 9.53. The first-order chi connectivity index (χ1) is 8.56. The van der Waals surface area contributed by atoms with E-state index in [2.05, 4.69) is 21.2 Å². The van der Waals surface area contributed by atoms with Crippen molar-refractivity contribution >= 4 is 27.6 Å². The molecule has 0 radical (unpaired) electrons. The van der Waals surface area contributed by atoms with Gasteiger partial charge in [0.2, 0.25) is 0 Å². The van der Waals surface area contributed by atoms with Gasteiger partial charge in [-0.1, -0.05) is 0 Å². The zero-order chi connectivity index (χ0) is 13.1. The number of nitrogens with one attached hydrogen (secondary N) is 1. The van der Waals surface area contributed by atoms with Gasteiger partial charge < -0.3 is 15.2 Å². The van der Waals surface area contributed by atoms with Gasteiger partial charge >= 0.3 is 5.97 Å². The molecule has 0 aliphatic carbocycles. The van der Waals surface area contributed by atoms with Gasteiger partial charge in [-0.05, 0) is 47.0 Å². The maximum atomic E-state index is 13.0. The Balaban J connectivity index is 1.85. The summed E-state index contributed by atoms with van der Waals surface area (Å²) in [4.78, 5) is 10.7. The Hall–Kier alpha value is -1.14. The van der Waals surface area contributed by atoms with Gasteiger partial charge in [0, 0.05) is 12.2 Å². The zero-order valence-corrected chi connectivity index (χ0v) is 11.1. The summed E-state index contributed by atoms with van der Waals surface area (Å²) in [6.45, 7) is 0.516. The molecule has 2 rings (SSSR count). The van der Waals surface area contributed by atoms with Crippen LogP contribution in [0, 0.1) is 5.82 Å². The van der Waals surface area contributed by atoms with Gasteiger partial charge in [0.05, 0.1) is 10.6 Å². The fourth-order valence-electron chi connectivity index (χ4n) is 1.88. The Kier molecular flexibility index (Phi) is 4.19. The highest BCUT2D eigenvalue weighted by Crippen LogP contribution is 2.22. The van der Waals surface area contributed by atoms with Crippen LogP contribution in [0.1, 0.15) is 12.8 Å². The number of carboxylic acids is 1. The van der Waals surface area contributed by atoms with Crippen molar-refractivity contribution in [3.8, 4) is 0 Å². The van der Waals surface area contributed by atoms with Crippen molar-refractivity contribution in [2.24, 2.45) is 0 Å². The summed E-state index contributed by atoms with van der Waals surface area (Å²) in [5.41, 5.74) is 0.769. The first-order valence-corrected chi connectivity index (χ1v) is 6.43. The second-order valence-electron chi connectivity index (χ2n) is 4.17. The van der Waals surface area contributed by atoms with Crippen molar-refractivity contribution in [1.82, 2.24) is 0 Å². The normalized spacial score (nSPS) is 23.0. The molecule has 98 valence electrons. The molecule has 2 N–H and O–H groups in total. The number of benzene rings is 1. The number of anilines is 1. The third kappa shape index (κ3) is 3.20. The highest BCUT2D eigenvalue weighted by atomic mass is 79.9. The number of carbonyl (C=O) groups is 1. The summed E-state index contributed by atoms with van der Waals surface area (Å²) in [5, 5.41) is 11.9. The molecule has 0 amide bonds. The van der Waals surface area contributed by atoms with Gasteiger partial charge in [-0.2, -0.15) is 0 Å². The summed E-state index contributed by atoms with van der Waals surface area (Å²) >= 11 is 3.10. The van der Waals surface area contributed by atoms with E-state index < -0.39 is 12.1 Å². The molecular weight excluding hydrogens is 305 g/mol. The van der Waals surface area contributed by atoms with Crippen LogP contribution in [0.25, 0.3) is 0 Å². The van der Waals surface area contributed by atoms with Crippen molar-refractivity contribution in [1.29, 1.82) is 0 Å². The predicted molar refractivity (Wildman–Crippen MR) is 68.1 cm³/mol. The average Bonchev–Trinajstić information content (AvgIpc) is 2.79. The molecule has 4 nitrogen and oxygen atoms in total. The minimum atomic E-state index is -0.915. The molecule has 1 aromatic rings. The lowest BCUT2D eigenvalue weighted by Crippen LogP contribution is -2.24. The fourth-order valence-corrected chi connectivity index (χ4v) is 2.25. The number of carboxylic acid groups (broad SMARTS) is 1. The molecule has 1 aliphatic heterocycles. The molecule has 0 bridgehead atoms. The van der Waals surface area contributed by atoms with Crippen molar-refractivity contribution in [2.75, 3.05) is 11.9 Å². The minimum absolute atomic E-state index is 0.116. The number of aliphatic carboxylic acids is 1. The molecule has 0 spiro atoms. The molecule has 1 aliphatic rings. The van der Waals surface area contributed by atoms with E-state index in [-0.39, 0.29) is 11.9 Å². The van der Waals surface area contributed by atoms with E-state index in [0.29, 0.717) is 23.9 Å². The average molecular weight is 318 g/mol. The summed E-state index contributed by atoms with van der Waals surface area (Å²) in [6.07, 6.45) is 0.438. The SMILES string of the molecule is O=C(O)C1CCC(CNc2ccc(F)c(Br)c2)O1. The molecule has 1 saturated heterocycles. The van der Waals surface area contributed by atoms with Gasteiger partial charge in [-0.25, -0.2) is 9.18 Å². The van der Waals surface area contributed by atoms with E-state index in [1.807, 2.05) is 0 Å². The first kappa shape index (κ1) is 13.3. The molecule has 1 fully saturated rings. The predicted octanol–water partition coefficient (Wildman–Crippen LogP) is 2.63. The van der Waals surface area contributed by atoms with Gasteiger partial charge in [-0.3, -0.25) is 0 Å². The van der Waals surface area contributed by atoms with E-state index >= 15 is 0 Å². The Morgan fingerprint density at radius 1 is 1.56 bits per heavy atom. The summed E-state index contributed by atoms with van der Waals surface area (Å²) < 4.78 is 18.8. The molecular formula is C12H13BrFNO3. The first-order valence-electron chi connectivity index (χ1n) is 5.63. The number of halogens is 2. The summed E-state index contributed by atoms with van der Waals surface area (Å²) in [6, 6.07) is 4.63. The highest BCUT2D eigenvalue weighted by molar-refractivity contribution is 9.10. The number of rotatable bonds is 4. The Morgan fingerprint density at radius 2 is 2.33 bits per heavy atom. The quantitative estimate of drug-likeness (QED) is 0.896. The second-order valence-corrected chi connectivity index (χ2v) is 5.03. The van der Waals surface area contributed by atoms with Crippen LogP contribution < -0.4 is 5.32 Å². The lowest BCUT2D eigenvalue weighted by atomic mass is 10.2. The van der Waals surface area contributed by atoms with Crippen LogP contribution in [-0.2, 0) is 9.53 Å². The molecule has 0 aromatic heterocycles. The molecule has 6 heteroatoms. The fraction of sp³-hybridized carbons (Fsp3) is 0.417. The molecule has 0 saturated carbocycles. The monoisotopic (exact) mass is 317 g/mol. The smallest absolute Gasteiger partial charge is 0.332 e. The highest BCUT2D eigenvalue weighted by Gasteiger charge is 2.30. The van der Waals surface area contributed by atoms with Crippen molar-refractivity contribution in [3.05, 3.63) is 28.5 Å². The molecule has 18 heavy (non-hydrogen) atoms. The minimum Gasteiger partial charge on any atom is -0.479 e. The van der Waals surface area contributed by atoms with Crippen molar-refractivity contribution < 1.29 is 19.0 Å². The van der Waals surface area contributed by atoms with Crippen LogP contribution in [0.4, 0.5) is 10.1 Å². The van der Waals surface area contributed by atoms with Crippen molar-refractivity contribution in [2.45, 2.75) is 25.0 Å². The molecule has 2 atom stereocenters. The molecule has 2 unspecified atom stereocenters. The standard InChI is InChI=1S/C12H13BrFNO3/c13-9-5-7(1-3-10(9)14)15-6-8-2-4-11(18-8)12(16)17/h1,3,5,8,11,15H,2,4,6H2,(H,16,17). The van der Waals surface area contributed by atoms with E-state index in [1.165, 1.54) is 6.07 Å². The van der Waals surface area contributed by atoms with Crippen LogP contribution in [0.15, 0.2) is 22.7 Å². The lowest BCUT2D eigenvalue weighted by molar-refractivity contribution is -0.149. The van der Waals surface area contributed by atoms with E-state index in [0.717, 1.165) is 5.69 Å². The van der Waals surface area contributed by atoms with E-state index in [4.69, 9.17) is 9.84 Å². The van der Waals surface area contributed by atoms with Crippen molar-refractivity contribution in [3.63, 3.8) is 0 Å². The Morgan fingerprint density at radius 3 is 2.94 bits per heavy atom. The topological polar surface area (TPSA) is 58.6 Å². The van der Waals surface area contributed by atoms with E-state index in [1.54, 1.807) is 12.1 Å². The van der Waals surface area contributed by atoms with Crippen LogP contribution in [-0.4, -0.2) is 29.8 Å². The number of hydrogen-bond acceptors (Lipinski definition) is 3. The van der Waals surface area contributed by atoms with E-state index in [9.17, 15) is 9.18 Å². The third-order valence-electron chi connectivity index (χ3n) is 2.84. The van der Waals surface area contributed by atoms with Crippen LogP contribution in [0.5, 0.6) is 0 Å². The Bertz CT molecular complexity index is 455. The maximum absolute atomic E-state index is 13.0. The maximum Gasteiger partial charge on any atom is 0.332 e. The van der Waals surface area contributed by atoms with Crippen LogP contribution >= 0.6 is 15.9 Å². The van der Waals surface area contributed by atoms with Gasteiger partial charge in [-0.15, -0.1) is 0 Å². The van der Waals surface area contributed by atoms with Gasteiger partial charge in [0.1, 0.15) is 5.82 Å². The van der Waals surface area contributed by atoms with Gasteiger partial charge in [0.25, 0.3) is 0 Å². The number of ether oxygens (including phenoxy) is 1. The summed E-state index contributed by atoms with van der Waals surface area (Å²) in [5.74, 6) is -1.23.